The van der Waals surface area contributed by atoms with E-state index in [1.807, 2.05) is 7.05 Å². The zero-order valence-electron chi connectivity index (χ0n) is 19.9. The maximum Gasteiger partial charge on any atom is 0.191 e. The molecule has 0 saturated carbocycles. The van der Waals surface area contributed by atoms with Crippen LogP contribution in [0.4, 0.5) is 5.69 Å². The third-order valence-electron chi connectivity index (χ3n) is 7.68. The van der Waals surface area contributed by atoms with Crippen molar-refractivity contribution < 1.29 is 0 Å². The molecule has 3 aliphatic rings. The van der Waals surface area contributed by atoms with Gasteiger partial charge in [0.25, 0.3) is 0 Å². The molecule has 172 valence electrons. The van der Waals surface area contributed by atoms with Gasteiger partial charge in [-0.1, -0.05) is 24.1 Å². The first-order valence-electron chi connectivity index (χ1n) is 12.3. The number of hydrogen-bond acceptors (Lipinski definition) is 4. The van der Waals surface area contributed by atoms with Crippen molar-refractivity contribution in [3.8, 4) is 0 Å². The number of guanidine groups is 1. The third-order valence-corrected chi connectivity index (χ3v) is 7.68. The van der Waals surface area contributed by atoms with Crippen molar-refractivity contribution in [3.05, 3.63) is 29.8 Å². The molecule has 1 aromatic rings. The summed E-state index contributed by atoms with van der Waals surface area (Å²) in [5, 5.41) is 7.45. The van der Waals surface area contributed by atoms with Crippen molar-refractivity contribution >= 4 is 11.6 Å². The number of aliphatic imine (C=N–C) groups is 1. The zero-order chi connectivity index (χ0) is 21.7. The third kappa shape index (κ3) is 5.53. The fraction of sp³-hybridized carbons (Fsp3) is 0.720. The topological polar surface area (TPSA) is 46.1 Å². The maximum atomic E-state index is 4.58. The lowest BCUT2D eigenvalue weighted by molar-refractivity contribution is 0.0173. The lowest BCUT2D eigenvalue weighted by Crippen LogP contribution is -2.62. The minimum absolute atomic E-state index is 0.272. The molecule has 31 heavy (non-hydrogen) atoms. The highest BCUT2D eigenvalue weighted by atomic mass is 15.3. The zero-order valence-corrected chi connectivity index (χ0v) is 19.9. The predicted molar refractivity (Wildman–Crippen MR) is 131 cm³/mol. The minimum atomic E-state index is 0.272. The number of likely N-dealkylation sites (tertiary alicyclic amines) is 2. The molecule has 3 aliphatic heterocycles. The smallest absolute Gasteiger partial charge is 0.191 e. The number of piperidine rings is 2. The van der Waals surface area contributed by atoms with Gasteiger partial charge in [0.15, 0.2) is 5.96 Å². The molecule has 6 nitrogen and oxygen atoms in total. The van der Waals surface area contributed by atoms with Crippen molar-refractivity contribution in [2.24, 2.45) is 4.99 Å². The Bertz CT molecular complexity index is 716. The first-order valence-corrected chi connectivity index (χ1v) is 12.3. The number of nitrogens with zero attached hydrogens (tertiary/aromatic N) is 4. The van der Waals surface area contributed by atoms with Crippen molar-refractivity contribution in [2.75, 3.05) is 64.8 Å². The van der Waals surface area contributed by atoms with Gasteiger partial charge in [-0.25, -0.2) is 0 Å². The molecule has 0 amide bonds. The standard InChI is InChI=1S/C25H42N6/c1-21-7-9-23(10-8-21)30-16-11-22(19-30)28-24(26-2)27-20-25(12-17-29(3)18-13-25)31-14-5-4-6-15-31/h7-10,22H,4-6,11-20H2,1-3H3,(H2,26,27,28). The van der Waals surface area contributed by atoms with E-state index in [-0.39, 0.29) is 5.54 Å². The first-order chi connectivity index (χ1) is 15.1. The summed E-state index contributed by atoms with van der Waals surface area (Å²) in [5.74, 6) is 0.964. The van der Waals surface area contributed by atoms with Crippen LogP contribution in [-0.2, 0) is 0 Å². The van der Waals surface area contributed by atoms with Crippen LogP contribution >= 0.6 is 0 Å². The number of nitrogens with one attached hydrogen (secondary N) is 2. The van der Waals surface area contributed by atoms with E-state index in [2.05, 4.69) is 68.6 Å². The van der Waals surface area contributed by atoms with Gasteiger partial charge in [-0.2, -0.15) is 0 Å². The molecule has 6 heteroatoms. The van der Waals surface area contributed by atoms with E-state index in [1.165, 1.54) is 69.5 Å². The van der Waals surface area contributed by atoms with E-state index in [1.54, 1.807) is 0 Å². The van der Waals surface area contributed by atoms with Crippen LogP contribution in [0.15, 0.2) is 29.3 Å². The van der Waals surface area contributed by atoms with Gasteiger partial charge in [0.05, 0.1) is 0 Å². The first kappa shape index (κ1) is 22.4. The van der Waals surface area contributed by atoms with Crippen molar-refractivity contribution in [1.82, 2.24) is 20.4 Å². The number of benzene rings is 1. The second-order valence-corrected chi connectivity index (χ2v) is 9.91. The Morgan fingerprint density at radius 3 is 2.42 bits per heavy atom. The van der Waals surface area contributed by atoms with Crippen LogP contribution in [0, 0.1) is 6.92 Å². The summed E-state index contributed by atoms with van der Waals surface area (Å²) >= 11 is 0. The molecule has 0 radical (unpaired) electrons. The van der Waals surface area contributed by atoms with E-state index < -0.39 is 0 Å². The molecule has 1 atom stereocenters. The number of rotatable bonds is 5. The number of aryl methyl sites for hydroxylation is 1. The highest BCUT2D eigenvalue weighted by molar-refractivity contribution is 5.80. The van der Waals surface area contributed by atoms with Crippen LogP contribution in [-0.4, -0.2) is 87.2 Å². The predicted octanol–water partition coefficient (Wildman–Crippen LogP) is 2.69. The second-order valence-electron chi connectivity index (χ2n) is 9.91. The van der Waals surface area contributed by atoms with Gasteiger partial charge in [0.1, 0.15) is 0 Å². The lowest BCUT2D eigenvalue weighted by atomic mass is 9.84. The Hall–Kier alpha value is -1.79. The van der Waals surface area contributed by atoms with Gasteiger partial charge in [-0.15, -0.1) is 0 Å². The molecular weight excluding hydrogens is 384 g/mol. The van der Waals surface area contributed by atoms with Crippen LogP contribution in [0.25, 0.3) is 0 Å². The fourth-order valence-corrected chi connectivity index (χ4v) is 5.51. The Morgan fingerprint density at radius 2 is 1.74 bits per heavy atom. The van der Waals surface area contributed by atoms with Crippen molar-refractivity contribution in [2.45, 2.75) is 57.0 Å². The molecule has 4 rings (SSSR count). The van der Waals surface area contributed by atoms with E-state index >= 15 is 0 Å². The number of hydrogen-bond donors (Lipinski definition) is 2. The summed E-state index contributed by atoms with van der Waals surface area (Å²) in [6, 6.07) is 9.34. The average Bonchev–Trinajstić information content (AvgIpc) is 3.27. The summed E-state index contributed by atoms with van der Waals surface area (Å²) in [7, 11) is 4.16. The Labute approximate surface area is 189 Å². The molecule has 0 bridgehead atoms. The van der Waals surface area contributed by atoms with Crippen molar-refractivity contribution in [1.29, 1.82) is 0 Å². The summed E-state index contributed by atoms with van der Waals surface area (Å²) in [6.07, 6.45) is 7.73. The molecule has 0 spiro atoms. The Kier molecular flexibility index (Phi) is 7.39. The maximum absolute atomic E-state index is 4.58. The molecule has 3 saturated heterocycles. The summed E-state index contributed by atoms with van der Waals surface area (Å²) in [5.41, 5.74) is 2.92. The molecule has 1 unspecified atom stereocenters. The van der Waals surface area contributed by atoms with Crippen LogP contribution in [0.1, 0.15) is 44.1 Å². The van der Waals surface area contributed by atoms with Gasteiger partial charge in [-0.3, -0.25) is 9.89 Å². The summed E-state index contributed by atoms with van der Waals surface area (Å²) < 4.78 is 0. The minimum Gasteiger partial charge on any atom is -0.369 e. The molecule has 3 heterocycles. The molecule has 3 fully saturated rings. The van der Waals surface area contributed by atoms with Gasteiger partial charge >= 0.3 is 0 Å². The summed E-state index contributed by atoms with van der Waals surface area (Å²) in [6.45, 7) is 10.2. The Balaban J connectivity index is 1.33. The summed E-state index contributed by atoms with van der Waals surface area (Å²) in [4.78, 5) is 12.3. The monoisotopic (exact) mass is 426 g/mol. The van der Waals surface area contributed by atoms with Crippen LogP contribution in [0.2, 0.25) is 0 Å². The molecular formula is C25H42N6. The highest BCUT2D eigenvalue weighted by Crippen LogP contribution is 2.31. The van der Waals surface area contributed by atoms with E-state index in [0.29, 0.717) is 6.04 Å². The van der Waals surface area contributed by atoms with Gasteiger partial charge in [-0.05, 0) is 84.4 Å². The van der Waals surface area contributed by atoms with Gasteiger partial charge < -0.3 is 20.4 Å². The van der Waals surface area contributed by atoms with Crippen LogP contribution in [0.3, 0.4) is 0 Å². The van der Waals surface area contributed by atoms with Gasteiger partial charge in [0, 0.05) is 44.0 Å². The normalized spacial score (nSPS) is 25.6. The second kappa shape index (κ2) is 10.2. The van der Waals surface area contributed by atoms with E-state index in [4.69, 9.17) is 0 Å². The molecule has 0 aliphatic carbocycles. The highest BCUT2D eigenvalue weighted by Gasteiger charge is 2.39. The number of anilines is 1. The van der Waals surface area contributed by atoms with E-state index in [0.717, 1.165) is 32.0 Å². The SMILES string of the molecule is CN=C(NCC1(N2CCCCC2)CCN(C)CC1)NC1CCN(c2ccc(C)cc2)C1. The fourth-order valence-electron chi connectivity index (χ4n) is 5.51. The molecule has 0 aromatic heterocycles. The van der Waals surface area contributed by atoms with Crippen molar-refractivity contribution in [3.63, 3.8) is 0 Å². The van der Waals surface area contributed by atoms with Crippen LogP contribution in [0.5, 0.6) is 0 Å². The van der Waals surface area contributed by atoms with Crippen LogP contribution < -0.4 is 15.5 Å². The molecule has 2 N–H and O–H groups in total. The van der Waals surface area contributed by atoms with E-state index in [9.17, 15) is 0 Å². The average molecular weight is 427 g/mol. The Morgan fingerprint density at radius 1 is 1.03 bits per heavy atom. The van der Waals surface area contributed by atoms with Gasteiger partial charge in [0.2, 0.25) is 0 Å². The molecule has 1 aromatic carbocycles. The quantitative estimate of drug-likeness (QED) is 0.560. The lowest BCUT2D eigenvalue weighted by Gasteiger charge is -2.50. The largest absolute Gasteiger partial charge is 0.369 e.